The van der Waals surface area contributed by atoms with Crippen LogP contribution in [0.25, 0.3) is 0 Å². The molecule has 0 aromatic rings. The highest BCUT2D eigenvalue weighted by Gasteiger charge is 2.22. The molecule has 1 amide bonds. The van der Waals surface area contributed by atoms with Crippen LogP contribution in [0.4, 0.5) is 0 Å². The Labute approximate surface area is 112 Å². The van der Waals surface area contributed by atoms with Gasteiger partial charge in [0.15, 0.2) is 0 Å². The number of carbonyl (C=O) groups is 1. The maximum atomic E-state index is 11.6. The quantitative estimate of drug-likeness (QED) is 0.733. The summed E-state index contributed by atoms with van der Waals surface area (Å²) in [7, 11) is 0. The number of carbonyl (C=O) groups excluding carboxylic acids is 1. The fourth-order valence-electron chi connectivity index (χ4n) is 2.74. The van der Waals surface area contributed by atoms with Crippen LogP contribution in [-0.4, -0.2) is 25.0 Å². The fraction of sp³-hybridized carbons (Fsp3) is 0.933. The third-order valence-corrected chi connectivity index (χ3v) is 3.90. The van der Waals surface area contributed by atoms with Crippen LogP contribution in [0.3, 0.4) is 0 Å². The summed E-state index contributed by atoms with van der Waals surface area (Å²) in [5.41, 5.74) is 0. The van der Waals surface area contributed by atoms with Crippen molar-refractivity contribution in [1.29, 1.82) is 0 Å². The molecule has 18 heavy (non-hydrogen) atoms. The van der Waals surface area contributed by atoms with E-state index in [1.54, 1.807) is 0 Å². The summed E-state index contributed by atoms with van der Waals surface area (Å²) >= 11 is 0. The first-order valence-electron chi connectivity index (χ1n) is 7.63. The third-order valence-electron chi connectivity index (χ3n) is 3.90. The van der Waals surface area contributed by atoms with Gasteiger partial charge in [0, 0.05) is 25.6 Å². The predicted octanol–water partition coefficient (Wildman–Crippen LogP) is 2.71. The Morgan fingerprint density at radius 3 is 2.67 bits per heavy atom. The normalized spacial score (nSPS) is 24.2. The first-order chi connectivity index (χ1) is 8.63. The van der Waals surface area contributed by atoms with Crippen LogP contribution >= 0.6 is 0 Å². The number of nitrogens with one attached hydrogen (secondary N) is 2. The van der Waals surface area contributed by atoms with E-state index >= 15 is 0 Å². The van der Waals surface area contributed by atoms with E-state index in [-0.39, 0.29) is 5.91 Å². The highest BCUT2D eigenvalue weighted by molar-refractivity contribution is 5.76. The SMILES string of the molecule is CCC1CCCCC1NCCC(=O)NCC(C)C. The summed E-state index contributed by atoms with van der Waals surface area (Å²) in [6.45, 7) is 8.13. The zero-order valence-corrected chi connectivity index (χ0v) is 12.3. The van der Waals surface area contributed by atoms with E-state index in [0.29, 0.717) is 18.4 Å². The lowest BCUT2D eigenvalue weighted by Gasteiger charge is -2.31. The average Bonchev–Trinajstić information content (AvgIpc) is 2.37. The minimum atomic E-state index is 0.181. The molecule has 1 aliphatic rings. The minimum Gasteiger partial charge on any atom is -0.356 e. The lowest BCUT2D eigenvalue weighted by Crippen LogP contribution is -2.40. The monoisotopic (exact) mass is 254 g/mol. The molecule has 3 heteroatoms. The number of amides is 1. The van der Waals surface area contributed by atoms with Crippen molar-refractivity contribution in [2.24, 2.45) is 11.8 Å². The maximum absolute atomic E-state index is 11.6. The zero-order chi connectivity index (χ0) is 13.4. The van der Waals surface area contributed by atoms with Gasteiger partial charge in [0.1, 0.15) is 0 Å². The molecule has 1 aliphatic carbocycles. The Bertz CT molecular complexity index is 241. The van der Waals surface area contributed by atoms with Crippen molar-refractivity contribution >= 4 is 5.91 Å². The summed E-state index contributed by atoms with van der Waals surface area (Å²) < 4.78 is 0. The van der Waals surface area contributed by atoms with Crippen molar-refractivity contribution in [3.63, 3.8) is 0 Å². The fourth-order valence-corrected chi connectivity index (χ4v) is 2.74. The molecule has 1 rings (SSSR count). The number of hydrogen-bond acceptors (Lipinski definition) is 2. The van der Waals surface area contributed by atoms with E-state index in [1.165, 1.54) is 32.1 Å². The molecule has 0 saturated heterocycles. The van der Waals surface area contributed by atoms with Gasteiger partial charge >= 0.3 is 0 Å². The summed E-state index contributed by atoms with van der Waals surface area (Å²) in [6, 6.07) is 0.640. The van der Waals surface area contributed by atoms with Gasteiger partial charge in [-0.15, -0.1) is 0 Å². The van der Waals surface area contributed by atoms with Crippen LogP contribution in [0.15, 0.2) is 0 Å². The van der Waals surface area contributed by atoms with Gasteiger partial charge in [0.25, 0.3) is 0 Å². The Morgan fingerprint density at radius 1 is 1.28 bits per heavy atom. The smallest absolute Gasteiger partial charge is 0.221 e. The minimum absolute atomic E-state index is 0.181. The second-order valence-corrected chi connectivity index (χ2v) is 5.96. The van der Waals surface area contributed by atoms with Gasteiger partial charge in [0.2, 0.25) is 5.91 Å². The van der Waals surface area contributed by atoms with E-state index in [2.05, 4.69) is 31.4 Å². The van der Waals surface area contributed by atoms with Gasteiger partial charge in [-0.2, -0.15) is 0 Å². The molecular formula is C15H30N2O. The van der Waals surface area contributed by atoms with Crippen molar-refractivity contribution in [1.82, 2.24) is 10.6 Å². The molecule has 0 aromatic carbocycles. The standard InChI is InChI=1S/C15H30N2O/c1-4-13-7-5-6-8-14(13)16-10-9-15(18)17-11-12(2)3/h12-14,16H,4-11H2,1-3H3,(H,17,18). The second kappa shape index (κ2) is 8.52. The van der Waals surface area contributed by atoms with E-state index in [9.17, 15) is 4.79 Å². The predicted molar refractivity (Wildman–Crippen MR) is 76.5 cm³/mol. The summed E-state index contributed by atoms with van der Waals surface area (Å²) in [4.78, 5) is 11.6. The summed E-state index contributed by atoms with van der Waals surface area (Å²) in [5.74, 6) is 1.53. The van der Waals surface area contributed by atoms with Crippen LogP contribution in [-0.2, 0) is 4.79 Å². The van der Waals surface area contributed by atoms with Gasteiger partial charge in [-0.3, -0.25) is 4.79 Å². The van der Waals surface area contributed by atoms with Gasteiger partial charge in [-0.05, 0) is 24.7 Å². The average molecular weight is 254 g/mol. The van der Waals surface area contributed by atoms with Crippen molar-refractivity contribution < 1.29 is 4.79 Å². The van der Waals surface area contributed by atoms with Crippen LogP contribution in [0.5, 0.6) is 0 Å². The van der Waals surface area contributed by atoms with Crippen LogP contribution in [0, 0.1) is 11.8 Å². The van der Waals surface area contributed by atoms with Crippen LogP contribution in [0.1, 0.15) is 59.3 Å². The molecule has 0 heterocycles. The van der Waals surface area contributed by atoms with E-state index in [0.717, 1.165) is 19.0 Å². The van der Waals surface area contributed by atoms with Gasteiger partial charge in [-0.1, -0.05) is 40.0 Å². The third kappa shape index (κ3) is 5.85. The summed E-state index contributed by atoms with van der Waals surface area (Å²) in [5, 5.41) is 6.55. The lowest BCUT2D eigenvalue weighted by molar-refractivity contribution is -0.121. The molecule has 106 valence electrons. The molecule has 2 N–H and O–H groups in total. The van der Waals surface area contributed by atoms with Crippen LogP contribution in [0.2, 0.25) is 0 Å². The molecule has 2 atom stereocenters. The first-order valence-corrected chi connectivity index (χ1v) is 7.63. The van der Waals surface area contributed by atoms with Gasteiger partial charge in [-0.25, -0.2) is 0 Å². The highest BCUT2D eigenvalue weighted by atomic mass is 16.1. The zero-order valence-electron chi connectivity index (χ0n) is 12.3. The largest absolute Gasteiger partial charge is 0.356 e. The number of rotatable bonds is 7. The molecular weight excluding hydrogens is 224 g/mol. The Kier molecular flexibility index (Phi) is 7.33. The van der Waals surface area contributed by atoms with Crippen LogP contribution < -0.4 is 10.6 Å². The Hall–Kier alpha value is -0.570. The molecule has 2 unspecified atom stereocenters. The number of hydrogen-bond donors (Lipinski definition) is 2. The molecule has 0 spiro atoms. The maximum Gasteiger partial charge on any atom is 0.221 e. The molecule has 0 aliphatic heterocycles. The lowest BCUT2D eigenvalue weighted by atomic mass is 9.83. The Balaban J connectivity index is 2.14. The van der Waals surface area contributed by atoms with Crippen molar-refractivity contribution in [2.75, 3.05) is 13.1 Å². The molecule has 0 aromatic heterocycles. The van der Waals surface area contributed by atoms with E-state index in [1.807, 2.05) is 0 Å². The highest BCUT2D eigenvalue weighted by Crippen LogP contribution is 2.26. The topological polar surface area (TPSA) is 41.1 Å². The van der Waals surface area contributed by atoms with Crippen molar-refractivity contribution in [3.05, 3.63) is 0 Å². The molecule has 1 fully saturated rings. The van der Waals surface area contributed by atoms with Gasteiger partial charge < -0.3 is 10.6 Å². The van der Waals surface area contributed by atoms with Gasteiger partial charge in [0.05, 0.1) is 0 Å². The first kappa shape index (κ1) is 15.5. The molecule has 0 radical (unpaired) electrons. The summed E-state index contributed by atoms with van der Waals surface area (Å²) in [6.07, 6.45) is 7.23. The van der Waals surface area contributed by atoms with Crippen molar-refractivity contribution in [2.45, 2.75) is 65.3 Å². The van der Waals surface area contributed by atoms with E-state index < -0.39 is 0 Å². The molecule has 1 saturated carbocycles. The Morgan fingerprint density at radius 2 is 2.00 bits per heavy atom. The molecule has 0 bridgehead atoms. The second-order valence-electron chi connectivity index (χ2n) is 5.96. The molecule has 3 nitrogen and oxygen atoms in total. The van der Waals surface area contributed by atoms with E-state index in [4.69, 9.17) is 0 Å². The van der Waals surface area contributed by atoms with Crippen molar-refractivity contribution in [3.8, 4) is 0 Å².